The van der Waals surface area contributed by atoms with Crippen LogP contribution in [0, 0.1) is 5.92 Å². The number of benzene rings is 2. The standard InChI is InChI=1S/C23H21Cl2F3N4/c24-19-7-6-15(9-20(19)25)17-12-29-13-18(17)21(8-14-4-2-1-3-5-14)32-22-30-10-16(11-31-22)23(26,27)28/h1-7,9-11,17-18,21,29H,8,12-13H2,(H,30,31,32). The Hall–Kier alpha value is -2.35. The number of halogens is 5. The largest absolute Gasteiger partial charge is 0.419 e. The van der Waals surface area contributed by atoms with Gasteiger partial charge in [-0.2, -0.15) is 13.2 Å². The summed E-state index contributed by atoms with van der Waals surface area (Å²) in [5.41, 5.74) is 1.29. The Morgan fingerprint density at radius 1 is 1.00 bits per heavy atom. The van der Waals surface area contributed by atoms with Crippen molar-refractivity contribution in [2.24, 2.45) is 5.92 Å². The van der Waals surface area contributed by atoms with Crippen LogP contribution in [0.15, 0.2) is 60.9 Å². The lowest BCUT2D eigenvalue weighted by molar-refractivity contribution is -0.138. The van der Waals surface area contributed by atoms with Gasteiger partial charge < -0.3 is 10.6 Å². The molecule has 0 amide bonds. The molecule has 1 aliphatic heterocycles. The van der Waals surface area contributed by atoms with Gasteiger partial charge in [-0.25, -0.2) is 9.97 Å². The lowest BCUT2D eigenvalue weighted by Gasteiger charge is -2.29. The van der Waals surface area contributed by atoms with E-state index in [1.54, 1.807) is 6.07 Å². The van der Waals surface area contributed by atoms with Gasteiger partial charge in [-0.3, -0.25) is 0 Å². The van der Waals surface area contributed by atoms with Crippen molar-refractivity contribution in [2.45, 2.75) is 24.6 Å². The first-order valence-corrected chi connectivity index (χ1v) is 10.9. The molecule has 2 N–H and O–H groups in total. The van der Waals surface area contributed by atoms with Crippen LogP contribution in [0.25, 0.3) is 0 Å². The van der Waals surface area contributed by atoms with Gasteiger partial charge in [0.1, 0.15) is 0 Å². The monoisotopic (exact) mass is 480 g/mol. The number of aromatic nitrogens is 2. The molecule has 4 rings (SSSR count). The van der Waals surface area contributed by atoms with Crippen molar-refractivity contribution >= 4 is 29.2 Å². The van der Waals surface area contributed by atoms with Gasteiger partial charge >= 0.3 is 6.18 Å². The van der Waals surface area contributed by atoms with Crippen LogP contribution < -0.4 is 10.6 Å². The molecule has 1 saturated heterocycles. The van der Waals surface area contributed by atoms with Crippen LogP contribution in [0.4, 0.5) is 19.1 Å². The van der Waals surface area contributed by atoms with Crippen LogP contribution in [0.1, 0.15) is 22.6 Å². The molecule has 0 radical (unpaired) electrons. The average Bonchev–Trinajstić information content (AvgIpc) is 3.26. The number of hydrogen-bond donors (Lipinski definition) is 2. The van der Waals surface area contributed by atoms with E-state index in [9.17, 15) is 13.2 Å². The van der Waals surface area contributed by atoms with Gasteiger partial charge in [-0.1, -0.05) is 59.6 Å². The van der Waals surface area contributed by atoms with E-state index >= 15 is 0 Å². The maximum absolute atomic E-state index is 12.9. The molecule has 1 fully saturated rings. The molecule has 0 spiro atoms. The normalized spacial score (nSPS) is 19.7. The third kappa shape index (κ3) is 5.34. The number of nitrogens with one attached hydrogen (secondary N) is 2. The molecule has 2 aromatic carbocycles. The Morgan fingerprint density at radius 2 is 1.72 bits per heavy atom. The highest BCUT2D eigenvalue weighted by Crippen LogP contribution is 2.36. The summed E-state index contributed by atoms with van der Waals surface area (Å²) < 4.78 is 38.7. The number of rotatable bonds is 6. The van der Waals surface area contributed by atoms with Crippen molar-refractivity contribution < 1.29 is 13.2 Å². The van der Waals surface area contributed by atoms with Crippen LogP contribution in [0.5, 0.6) is 0 Å². The Bertz CT molecular complexity index is 1050. The summed E-state index contributed by atoms with van der Waals surface area (Å²) in [6.45, 7) is 1.49. The number of hydrogen-bond acceptors (Lipinski definition) is 4. The zero-order chi connectivity index (χ0) is 22.7. The first kappa shape index (κ1) is 22.8. The fourth-order valence-electron chi connectivity index (χ4n) is 4.12. The lowest BCUT2D eigenvalue weighted by Crippen LogP contribution is -2.36. The number of alkyl halides is 3. The van der Waals surface area contributed by atoms with Crippen molar-refractivity contribution in [3.8, 4) is 0 Å². The molecule has 3 aromatic rings. The second-order valence-corrected chi connectivity index (χ2v) is 8.65. The maximum atomic E-state index is 12.9. The summed E-state index contributed by atoms with van der Waals surface area (Å²) in [5.74, 6) is 0.428. The highest BCUT2D eigenvalue weighted by molar-refractivity contribution is 6.42. The molecule has 1 aromatic heterocycles. The van der Waals surface area contributed by atoms with Crippen molar-refractivity contribution in [1.82, 2.24) is 15.3 Å². The maximum Gasteiger partial charge on any atom is 0.419 e. The Morgan fingerprint density at radius 3 is 2.38 bits per heavy atom. The van der Waals surface area contributed by atoms with E-state index in [1.807, 2.05) is 42.5 Å². The van der Waals surface area contributed by atoms with Gasteiger partial charge in [0.25, 0.3) is 0 Å². The average molecular weight is 481 g/mol. The van der Waals surface area contributed by atoms with Gasteiger partial charge in [0.05, 0.1) is 15.6 Å². The zero-order valence-corrected chi connectivity index (χ0v) is 18.4. The molecule has 3 atom stereocenters. The molecule has 4 nitrogen and oxygen atoms in total. The molecule has 0 aliphatic carbocycles. The molecule has 0 bridgehead atoms. The van der Waals surface area contributed by atoms with Crippen molar-refractivity contribution in [3.63, 3.8) is 0 Å². The summed E-state index contributed by atoms with van der Waals surface area (Å²) >= 11 is 12.3. The molecule has 2 heterocycles. The summed E-state index contributed by atoms with van der Waals surface area (Å²) in [6.07, 6.45) is -2.21. The van der Waals surface area contributed by atoms with E-state index in [0.717, 1.165) is 36.6 Å². The SMILES string of the molecule is FC(F)(F)c1cnc(NC(Cc2ccccc2)C2CNCC2c2ccc(Cl)c(Cl)c2)nc1. The van der Waals surface area contributed by atoms with Gasteiger partial charge in [0.2, 0.25) is 5.95 Å². The van der Waals surface area contributed by atoms with Crippen LogP contribution in [0.2, 0.25) is 10.0 Å². The van der Waals surface area contributed by atoms with Crippen molar-refractivity contribution in [2.75, 3.05) is 18.4 Å². The van der Waals surface area contributed by atoms with Crippen LogP contribution in [-0.4, -0.2) is 29.1 Å². The van der Waals surface area contributed by atoms with E-state index in [4.69, 9.17) is 23.2 Å². The third-order valence-corrected chi connectivity index (χ3v) is 6.48. The molecular formula is C23H21Cl2F3N4. The lowest BCUT2D eigenvalue weighted by atomic mass is 9.81. The number of anilines is 1. The topological polar surface area (TPSA) is 49.8 Å². The zero-order valence-electron chi connectivity index (χ0n) is 16.9. The third-order valence-electron chi connectivity index (χ3n) is 5.74. The van der Waals surface area contributed by atoms with Crippen LogP contribution in [0.3, 0.4) is 0 Å². The molecule has 1 aliphatic rings. The minimum absolute atomic E-state index is 0.122. The summed E-state index contributed by atoms with van der Waals surface area (Å²) in [5, 5.41) is 7.70. The van der Waals surface area contributed by atoms with Crippen molar-refractivity contribution in [3.05, 3.63) is 87.7 Å². The van der Waals surface area contributed by atoms with E-state index in [1.165, 1.54) is 0 Å². The summed E-state index contributed by atoms with van der Waals surface area (Å²) in [6, 6.07) is 15.4. The first-order valence-electron chi connectivity index (χ1n) is 10.2. The summed E-state index contributed by atoms with van der Waals surface area (Å²) in [4.78, 5) is 7.84. The van der Waals surface area contributed by atoms with Gasteiger partial charge in [0.15, 0.2) is 0 Å². The minimum Gasteiger partial charge on any atom is -0.351 e. The van der Waals surface area contributed by atoms with E-state index in [0.29, 0.717) is 16.5 Å². The highest BCUT2D eigenvalue weighted by Gasteiger charge is 2.36. The fraction of sp³-hybridized carbons (Fsp3) is 0.304. The van der Waals surface area contributed by atoms with E-state index in [-0.39, 0.29) is 23.8 Å². The highest BCUT2D eigenvalue weighted by atomic mass is 35.5. The second kappa shape index (κ2) is 9.65. The predicted molar refractivity (Wildman–Crippen MR) is 120 cm³/mol. The second-order valence-electron chi connectivity index (χ2n) is 7.84. The molecular weight excluding hydrogens is 460 g/mol. The quantitative estimate of drug-likeness (QED) is 0.466. The van der Waals surface area contributed by atoms with Gasteiger partial charge in [-0.05, 0) is 35.6 Å². The summed E-state index contributed by atoms with van der Waals surface area (Å²) in [7, 11) is 0. The van der Waals surface area contributed by atoms with Crippen molar-refractivity contribution in [1.29, 1.82) is 0 Å². The molecule has 168 valence electrons. The van der Waals surface area contributed by atoms with Crippen LogP contribution >= 0.6 is 23.2 Å². The Balaban J connectivity index is 1.61. The molecule has 3 unspecified atom stereocenters. The smallest absolute Gasteiger partial charge is 0.351 e. The van der Waals surface area contributed by atoms with E-state index < -0.39 is 11.7 Å². The van der Waals surface area contributed by atoms with Crippen LogP contribution in [-0.2, 0) is 12.6 Å². The minimum atomic E-state index is -4.48. The van der Waals surface area contributed by atoms with Gasteiger partial charge in [-0.15, -0.1) is 0 Å². The van der Waals surface area contributed by atoms with E-state index in [2.05, 4.69) is 20.6 Å². The first-order chi connectivity index (χ1) is 15.3. The molecule has 0 saturated carbocycles. The predicted octanol–water partition coefficient (Wildman–Crippen LogP) is 5.83. The fourth-order valence-corrected chi connectivity index (χ4v) is 4.43. The Kier molecular flexibility index (Phi) is 6.88. The Labute approximate surface area is 194 Å². The van der Waals surface area contributed by atoms with Gasteiger partial charge in [0, 0.05) is 37.4 Å². The molecule has 32 heavy (non-hydrogen) atoms. The molecule has 9 heteroatoms. The number of nitrogens with zero attached hydrogens (tertiary/aromatic N) is 2.